The Kier molecular flexibility index (Phi) is 3.68. The van der Waals surface area contributed by atoms with E-state index in [0.29, 0.717) is 11.1 Å². The molecular formula is C12H14N2O4S. The van der Waals surface area contributed by atoms with E-state index in [4.69, 9.17) is 0 Å². The lowest BCUT2D eigenvalue weighted by Crippen LogP contribution is -2.36. The van der Waals surface area contributed by atoms with Gasteiger partial charge in [-0.3, -0.25) is 14.5 Å². The average Bonchev–Trinajstić information content (AvgIpc) is 2.61. The van der Waals surface area contributed by atoms with Crippen LogP contribution >= 0.6 is 0 Å². The molecule has 0 atom stereocenters. The molecule has 1 aromatic carbocycles. The standard InChI is InChI=1S/C12H14N2O4S/c1-13-8-19(17,18)7-6-14-11(15)9-4-2-3-5-10(9)12(14)16/h2-5,13H,6-8H2,1H3. The average molecular weight is 282 g/mol. The molecule has 1 aromatic rings. The van der Waals surface area contributed by atoms with E-state index < -0.39 is 21.7 Å². The molecule has 0 aliphatic carbocycles. The molecule has 0 saturated heterocycles. The number of amides is 2. The normalized spacial score (nSPS) is 14.9. The molecule has 0 saturated carbocycles. The Labute approximate surface area is 111 Å². The number of sulfone groups is 1. The summed E-state index contributed by atoms with van der Waals surface area (Å²) in [6.45, 7) is -0.115. The number of hydrogen-bond acceptors (Lipinski definition) is 5. The van der Waals surface area contributed by atoms with Crippen molar-refractivity contribution in [2.45, 2.75) is 0 Å². The number of benzene rings is 1. The molecule has 2 amide bonds. The second-order valence-electron chi connectivity index (χ2n) is 4.25. The Balaban J connectivity index is 2.13. The van der Waals surface area contributed by atoms with Gasteiger partial charge in [-0.2, -0.15) is 0 Å². The largest absolute Gasteiger partial charge is 0.307 e. The number of hydrogen-bond donors (Lipinski definition) is 1. The van der Waals surface area contributed by atoms with Crippen LogP contribution in [-0.2, 0) is 9.84 Å². The van der Waals surface area contributed by atoms with Crippen molar-refractivity contribution >= 4 is 21.7 Å². The minimum Gasteiger partial charge on any atom is -0.307 e. The van der Waals surface area contributed by atoms with Gasteiger partial charge in [0.1, 0.15) is 0 Å². The van der Waals surface area contributed by atoms with E-state index in [1.807, 2.05) is 0 Å². The first-order valence-corrected chi connectivity index (χ1v) is 7.58. The van der Waals surface area contributed by atoms with Crippen LogP contribution in [0, 0.1) is 0 Å². The van der Waals surface area contributed by atoms with Crippen LogP contribution in [0.1, 0.15) is 20.7 Å². The van der Waals surface area contributed by atoms with Crippen molar-refractivity contribution in [1.29, 1.82) is 0 Å². The smallest absolute Gasteiger partial charge is 0.261 e. The SMILES string of the molecule is CNCS(=O)(=O)CCN1C(=O)c2ccccc2C1=O. The molecule has 0 spiro atoms. The van der Waals surface area contributed by atoms with Gasteiger partial charge in [-0.15, -0.1) is 0 Å². The number of carbonyl (C=O) groups excluding carboxylic acids is 2. The first-order chi connectivity index (χ1) is 8.96. The van der Waals surface area contributed by atoms with E-state index in [0.717, 1.165) is 4.90 Å². The quantitative estimate of drug-likeness (QED) is 0.761. The van der Waals surface area contributed by atoms with Gasteiger partial charge >= 0.3 is 0 Å². The fraction of sp³-hybridized carbons (Fsp3) is 0.333. The summed E-state index contributed by atoms with van der Waals surface area (Å²) in [5.74, 6) is -1.27. The highest BCUT2D eigenvalue weighted by molar-refractivity contribution is 7.91. The van der Waals surface area contributed by atoms with Crippen molar-refractivity contribution in [2.75, 3.05) is 25.2 Å². The molecule has 0 fully saturated rings. The summed E-state index contributed by atoms with van der Waals surface area (Å²) in [6.07, 6.45) is 0. The van der Waals surface area contributed by atoms with Gasteiger partial charge in [0.25, 0.3) is 11.8 Å². The molecule has 1 N–H and O–H groups in total. The Bertz CT molecular complexity index is 589. The lowest BCUT2D eigenvalue weighted by Gasteiger charge is -2.13. The first-order valence-electron chi connectivity index (χ1n) is 5.76. The molecule has 1 heterocycles. The van der Waals surface area contributed by atoms with Crippen LogP contribution in [-0.4, -0.2) is 50.4 Å². The number of imide groups is 1. The second-order valence-corrected chi connectivity index (χ2v) is 6.44. The summed E-state index contributed by atoms with van der Waals surface area (Å²) in [5.41, 5.74) is 0.664. The van der Waals surface area contributed by atoms with E-state index in [2.05, 4.69) is 5.32 Å². The summed E-state index contributed by atoms with van der Waals surface area (Å²) in [6, 6.07) is 6.48. The highest BCUT2D eigenvalue weighted by Gasteiger charge is 2.35. The van der Waals surface area contributed by atoms with Crippen molar-refractivity contribution in [3.63, 3.8) is 0 Å². The summed E-state index contributed by atoms with van der Waals surface area (Å²) >= 11 is 0. The van der Waals surface area contributed by atoms with Gasteiger partial charge < -0.3 is 5.32 Å². The Morgan fingerprint density at radius 3 is 2.11 bits per heavy atom. The third kappa shape index (κ3) is 2.66. The van der Waals surface area contributed by atoms with Crippen LogP contribution in [0.5, 0.6) is 0 Å². The maximum absolute atomic E-state index is 12.0. The van der Waals surface area contributed by atoms with Crippen molar-refractivity contribution < 1.29 is 18.0 Å². The summed E-state index contributed by atoms with van der Waals surface area (Å²) in [4.78, 5) is 24.9. The van der Waals surface area contributed by atoms with Crippen LogP contribution in [0.25, 0.3) is 0 Å². The molecule has 7 heteroatoms. The van der Waals surface area contributed by atoms with Crippen molar-refractivity contribution in [1.82, 2.24) is 10.2 Å². The minimum absolute atomic E-state index is 0.115. The van der Waals surface area contributed by atoms with Gasteiger partial charge in [0.05, 0.1) is 22.8 Å². The van der Waals surface area contributed by atoms with E-state index >= 15 is 0 Å². The Morgan fingerprint density at radius 2 is 1.63 bits per heavy atom. The van der Waals surface area contributed by atoms with Crippen molar-refractivity contribution in [3.8, 4) is 0 Å². The summed E-state index contributed by atoms with van der Waals surface area (Å²) in [5, 5.41) is 2.55. The van der Waals surface area contributed by atoms with Gasteiger partial charge in [-0.1, -0.05) is 12.1 Å². The third-order valence-corrected chi connectivity index (χ3v) is 4.40. The van der Waals surface area contributed by atoms with Crippen LogP contribution in [0.15, 0.2) is 24.3 Å². The van der Waals surface area contributed by atoms with Crippen LogP contribution < -0.4 is 5.32 Å². The lowest BCUT2D eigenvalue weighted by atomic mass is 10.1. The predicted octanol–water partition coefficient (Wildman–Crippen LogP) is -0.126. The minimum atomic E-state index is -3.31. The molecule has 0 radical (unpaired) electrons. The number of nitrogens with one attached hydrogen (secondary N) is 1. The molecule has 2 rings (SSSR count). The fourth-order valence-electron chi connectivity index (χ4n) is 1.96. The molecule has 0 aromatic heterocycles. The zero-order valence-corrected chi connectivity index (χ0v) is 11.2. The molecule has 1 aliphatic rings. The zero-order valence-electron chi connectivity index (χ0n) is 10.4. The number of fused-ring (bicyclic) bond motifs is 1. The number of carbonyl (C=O) groups is 2. The predicted molar refractivity (Wildman–Crippen MR) is 69.5 cm³/mol. The van der Waals surface area contributed by atoms with E-state index in [-0.39, 0.29) is 18.2 Å². The molecule has 0 unspecified atom stereocenters. The number of nitrogens with zero attached hydrogens (tertiary/aromatic N) is 1. The summed E-state index contributed by atoms with van der Waals surface area (Å²) < 4.78 is 23.1. The van der Waals surface area contributed by atoms with Crippen LogP contribution in [0.2, 0.25) is 0 Å². The number of rotatable bonds is 5. The topological polar surface area (TPSA) is 83.6 Å². The second kappa shape index (κ2) is 5.10. The van der Waals surface area contributed by atoms with Crippen molar-refractivity contribution in [2.24, 2.45) is 0 Å². The molecule has 0 bridgehead atoms. The molecule has 102 valence electrons. The maximum atomic E-state index is 12.0. The summed E-state index contributed by atoms with van der Waals surface area (Å²) in [7, 11) is -1.78. The highest BCUT2D eigenvalue weighted by Crippen LogP contribution is 2.22. The van der Waals surface area contributed by atoms with Gasteiger partial charge in [0.15, 0.2) is 9.84 Å². The zero-order chi connectivity index (χ0) is 14.0. The molecule has 19 heavy (non-hydrogen) atoms. The Morgan fingerprint density at radius 1 is 1.11 bits per heavy atom. The third-order valence-electron chi connectivity index (χ3n) is 2.87. The monoisotopic (exact) mass is 282 g/mol. The van der Waals surface area contributed by atoms with Crippen LogP contribution in [0.3, 0.4) is 0 Å². The lowest BCUT2D eigenvalue weighted by molar-refractivity contribution is 0.0664. The van der Waals surface area contributed by atoms with E-state index in [9.17, 15) is 18.0 Å². The van der Waals surface area contributed by atoms with E-state index in [1.54, 1.807) is 24.3 Å². The Hall–Kier alpha value is -1.73. The maximum Gasteiger partial charge on any atom is 0.261 e. The van der Waals surface area contributed by atoms with Crippen molar-refractivity contribution in [3.05, 3.63) is 35.4 Å². The first kappa shape index (κ1) is 13.7. The van der Waals surface area contributed by atoms with Gasteiger partial charge in [0, 0.05) is 6.54 Å². The fourth-order valence-corrected chi connectivity index (χ4v) is 3.01. The van der Waals surface area contributed by atoms with E-state index in [1.165, 1.54) is 7.05 Å². The van der Waals surface area contributed by atoms with Crippen LogP contribution in [0.4, 0.5) is 0 Å². The van der Waals surface area contributed by atoms with Gasteiger partial charge in [-0.25, -0.2) is 8.42 Å². The van der Waals surface area contributed by atoms with Gasteiger partial charge in [0.2, 0.25) is 0 Å². The highest BCUT2D eigenvalue weighted by atomic mass is 32.2. The molecular weight excluding hydrogens is 268 g/mol. The molecule has 6 nitrogen and oxygen atoms in total. The van der Waals surface area contributed by atoms with Gasteiger partial charge in [-0.05, 0) is 19.2 Å². The molecule has 1 aliphatic heterocycles.